The number of nitrogen functional groups attached to an aromatic ring is 1. The van der Waals surface area contributed by atoms with E-state index in [9.17, 15) is 4.39 Å². The van der Waals surface area contributed by atoms with Crippen LogP contribution in [0, 0.1) is 31.0 Å². The number of nitriles is 1. The van der Waals surface area contributed by atoms with E-state index >= 15 is 0 Å². The van der Waals surface area contributed by atoms with Crippen LogP contribution in [0.25, 0.3) is 0 Å². The molecule has 0 aliphatic carbocycles. The van der Waals surface area contributed by atoms with Gasteiger partial charge in [0, 0.05) is 16.8 Å². The highest BCUT2D eigenvalue weighted by Gasteiger charge is 2.11. The Hall–Kier alpha value is -2.54. The van der Waals surface area contributed by atoms with E-state index in [1.54, 1.807) is 12.1 Å². The van der Waals surface area contributed by atoms with Crippen molar-refractivity contribution in [3.63, 3.8) is 0 Å². The summed E-state index contributed by atoms with van der Waals surface area (Å²) in [7, 11) is 0. The minimum atomic E-state index is -0.533. The van der Waals surface area contributed by atoms with Gasteiger partial charge in [-0.1, -0.05) is 18.2 Å². The lowest BCUT2D eigenvalue weighted by atomic mass is 10.1. The lowest BCUT2D eigenvalue weighted by Gasteiger charge is -2.14. The highest BCUT2D eigenvalue weighted by molar-refractivity contribution is 5.56. The molecule has 2 aromatic rings. The fraction of sp³-hybridized carbons (Fsp3) is 0.188. The quantitative estimate of drug-likeness (QED) is 0.869. The summed E-state index contributed by atoms with van der Waals surface area (Å²) in [6.07, 6.45) is 0. The van der Waals surface area contributed by atoms with Crippen molar-refractivity contribution in [1.82, 2.24) is 0 Å². The summed E-state index contributed by atoms with van der Waals surface area (Å²) in [6.45, 7) is 3.83. The van der Waals surface area contributed by atoms with Gasteiger partial charge < -0.3 is 10.5 Å². The third kappa shape index (κ3) is 2.57. The number of halogens is 1. The molecule has 0 amide bonds. The molecule has 0 aliphatic rings. The number of nitrogens with zero attached hydrogens (tertiary/aromatic N) is 1. The van der Waals surface area contributed by atoms with E-state index in [1.807, 2.05) is 32.0 Å². The number of hydrogen-bond donors (Lipinski definition) is 1. The zero-order valence-corrected chi connectivity index (χ0v) is 11.4. The maximum atomic E-state index is 13.9. The number of hydrogen-bond acceptors (Lipinski definition) is 3. The molecule has 0 saturated carbocycles. The fourth-order valence-corrected chi connectivity index (χ4v) is 1.99. The van der Waals surface area contributed by atoms with Gasteiger partial charge in [0.1, 0.15) is 24.2 Å². The third-order valence-electron chi connectivity index (χ3n) is 3.22. The Balaban J connectivity index is 2.27. The Bertz CT molecular complexity index is 690. The SMILES string of the molecule is Cc1ccc(N)c(C)c1OCc1cccc(C#N)c1F. The number of benzene rings is 2. The molecule has 0 heterocycles. The first-order valence-corrected chi connectivity index (χ1v) is 6.20. The van der Waals surface area contributed by atoms with Gasteiger partial charge in [-0.15, -0.1) is 0 Å². The standard InChI is InChI=1S/C16H15FN2O/c1-10-6-7-14(19)11(2)16(10)20-9-13-5-3-4-12(8-18)15(13)17/h3-7H,9,19H2,1-2H3. The van der Waals surface area contributed by atoms with Crippen molar-refractivity contribution < 1.29 is 9.13 Å². The van der Waals surface area contributed by atoms with E-state index < -0.39 is 5.82 Å². The molecule has 0 spiro atoms. The Labute approximate surface area is 117 Å². The van der Waals surface area contributed by atoms with E-state index in [0.717, 1.165) is 11.1 Å². The summed E-state index contributed by atoms with van der Waals surface area (Å²) in [6, 6.07) is 10.2. The summed E-state index contributed by atoms with van der Waals surface area (Å²) in [5.74, 6) is 0.126. The van der Waals surface area contributed by atoms with Crippen molar-refractivity contribution in [1.29, 1.82) is 5.26 Å². The molecule has 102 valence electrons. The van der Waals surface area contributed by atoms with Gasteiger partial charge >= 0.3 is 0 Å². The molecule has 2 aromatic carbocycles. The Morgan fingerprint density at radius 1 is 1.25 bits per heavy atom. The van der Waals surface area contributed by atoms with E-state index in [4.69, 9.17) is 15.7 Å². The van der Waals surface area contributed by atoms with Gasteiger partial charge in [0.05, 0.1) is 5.56 Å². The molecule has 0 atom stereocenters. The predicted molar refractivity (Wildman–Crippen MR) is 75.8 cm³/mol. The summed E-state index contributed by atoms with van der Waals surface area (Å²) < 4.78 is 19.6. The van der Waals surface area contributed by atoms with Crippen molar-refractivity contribution >= 4 is 5.69 Å². The molecule has 0 saturated heterocycles. The molecule has 2 rings (SSSR count). The molecule has 3 nitrogen and oxygen atoms in total. The number of aryl methyl sites for hydroxylation is 1. The van der Waals surface area contributed by atoms with Crippen LogP contribution < -0.4 is 10.5 Å². The van der Waals surface area contributed by atoms with Gasteiger partial charge in [0.15, 0.2) is 0 Å². The van der Waals surface area contributed by atoms with Crippen LogP contribution >= 0.6 is 0 Å². The summed E-state index contributed by atoms with van der Waals surface area (Å²) in [5, 5.41) is 8.81. The second-order valence-electron chi connectivity index (χ2n) is 4.60. The van der Waals surface area contributed by atoms with Gasteiger partial charge in [-0.2, -0.15) is 5.26 Å². The first-order chi connectivity index (χ1) is 9.54. The summed E-state index contributed by atoms with van der Waals surface area (Å²) in [4.78, 5) is 0. The number of nitrogens with two attached hydrogens (primary N) is 1. The Morgan fingerprint density at radius 3 is 2.70 bits per heavy atom. The predicted octanol–water partition coefficient (Wildman–Crippen LogP) is 3.48. The molecule has 0 bridgehead atoms. The molecule has 20 heavy (non-hydrogen) atoms. The van der Waals surface area contributed by atoms with Crippen LogP contribution in [0.5, 0.6) is 5.75 Å². The van der Waals surface area contributed by atoms with E-state index in [1.165, 1.54) is 6.07 Å². The van der Waals surface area contributed by atoms with Crippen molar-refractivity contribution in [2.24, 2.45) is 0 Å². The minimum Gasteiger partial charge on any atom is -0.488 e. The molecule has 0 fully saturated rings. The Kier molecular flexibility index (Phi) is 3.90. The molecule has 0 aromatic heterocycles. The van der Waals surface area contributed by atoms with Crippen molar-refractivity contribution in [3.05, 3.63) is 58.4 Å². The largest absolute Gasteiger partial charge is 0.488 e. The van der Waals surface area contributed by atoms with Crippen LogP contribution in [-0.2, 0) is 6.61 Å². The van der Waals surface area contributed by atoms with Crippen LogP contribution in [0.4, 0.5) is 10.1 Å². The average Bonchev–Trinajstić information content (AvgIpc) is 2.44. The van der Waals surface area contributed by atoms with Gasteiger partial charge in [0.2, 0.25) is 0 Å². The van der Waals surface area contributed by atoms with Crippen molar-refractivity contribution in [3.8, 4) is 11.8 Å². The van der Waals surface area contributed by atoms with Crippen molar-refractivity contribution in [2.45, 2.75) is 20.5 Å². The average molecular weight is 270 g/mol. The highest BCUT2D eigenvalue weighted by atomic mass is 19.1. The highest BCUT2D eigenvalue weighted by Crippen LogP contribution is 2.28. The molecular weight excluding hydrogens is 255 g/mol. The maximum Gasteiger partial charge on any atom is 0.147 e. The molecule has 0 aliphatic heterocycles. The zero-order valence-electron chi connectivity index (χ0n) is 11.4. The fourth-order valence-electron chi connectivity index (χ4n) is 1.99. The second kappa shape index (κ2) is 5.62. The monoisotopic (exact) mass is 270 g/mol. The number of rotatable bonds is 3. The maximum absolute atomic E-state index is 13.9. The molecular formula is C16H15FN2O. The summed E-state index contributed by atoms with van der Waals surface area (Å²) in [5.41, 5.74) is 8.62. The number of anilines is 1. The summed E-state index contributed by atoms with van der Waals surface area (Å²) >= 11 is 0. The van der Waals surface area contributed by atoms with Crippen molar-refractivity contribution in [2.75, 3.05) is 5.73 Å². The van der Waals surface area contributed by atoms with Gasteiger partial charge in [-0.05, 0) is 31.5 Å². The smallest absolute Gasteiger partial charge is 0.147 e. The first-order valence-electron chi connectivity index (χ1n) is 6.20. The molecule has 0 unspecified atom stereocenters. The van der Waals surface area contributed by atoms with E-state index in [2.05, 4.69) is 0 Å². The van der Waals surface area contributed by atoms with Crippen LogP contribution in [0.1, 0.15) is 22.3 Å². The van der Waals surface area contributed by atoms with Crippen LogP contribution in [0.3, 0.4) is 0 Å². The third-order valence-corrected chi connectivity index (χ3v) is 3.22. The second-order valence-corrected chi connectivity index (χ2v) is 4.60. The van der Waals surface area contributed by atoms with Gasteiger partial charge in [-0.25, -0.2) is 4.39 Å². The minimum absolute atomic E-state index is 0.0205. The molecule has 4 heteroatoms. The van der Waals surface area contributed by atoms with Gasteiger partial charge in [-0.3, -0.25) is 0 Å². The lowest BCUT2D eigenvalue weighted by Crippen LogP contribution is -2.03. The molecule has 2 N–H and O–H groups in total. The van der Waals surface area contributed by atoms with E-state index in [-0.39, 0.29) is 12.2 Å². The van der Waals surface area contributed by atoms with Gasteiger partial charge in [0.25, 0.3) is 0 Å². The lowest BCUT2D eigenvalue weighted by molar-refractivity contribution is 0.296. The topological polar surface area (TPSA) is 59.0 Å². The van der Waals surface area contributed by atoms with Crippen LogP contribution in [0.2, 0.25) is 0 Å². The zero-order chi connectivity index (χ0) is 14.7. The number of ether oxygens (including phenoxy) is 1. The van der Waals surface area contributed by atoms with Crippen LogP contribution in [-0.4, -0.2) is 0 Å². The first kappa shape index (κ1) is 13.9. The molecule has 0 radical (unpaired) electrons. The van der Waals surface area contributed by atoms with E-state index in [0.29, 0.717) is 17.0 Å². The van der Waals surface area contributed by atoms with Crippen LogP contribution in [0.15, 0.2) is 30.3 Å². The normalized spacial score (nSPS) is 10.1. The Morgan fingerprint density at radius 2 is 2.00 bits per heavy atom.